The van der Waals surface area contributed by atoms with Gasteiger partial charge in [0.2, 0.25) is 5.88 Å². The van der Waals surface area contributed by atoms with Gasteiger partial charge in [0.05, 0.1) is 10.8 Å². The molecule has 0 saturated heterocycles. The van der Waals surface area contributed by atoms with Gasteiger partial charge in [-0.2, -0.15) is 0 Å². The van der Waals surface area contributed by atoms with Crippen LogP contribution in [0.25, 0.3) is 10.8 Å². The topological polar surface area (TPSA) is 72.0 Å². The van der Waals surface area contributed by atoms with Crippen molar-refractivity contribution >= 4 is 16.7 Å². The third-order valence-corrected chi connectivity index (χ3v) is 2.16. The van der Waals surface area contributed by atoms with Gasteiger partial charge >= 0.3 is 5.97 Å². The molecule has 0 amide bonds. The van der Waals surface area contributed by atoms with E-state index in [4.69, 9.17) is 4.74 Å². The average Bonchev–Trinajstić information content (AvgIpc) is 2.34. The molecule has 17 heavy (non-hydrogen) atoms. The average molecular weight is 230 g/mol. The highest BCUT2D eigenvalue weighted by Gasteiger charge is 2.09. The van der Waals surface area contributed by atoms with Crippen LogP contribution >= 0.6 is 0 Å². The smallest absolute Gasteiger partial charge is 0.337 e. The van der Waals surface area contributed by atoms with Gasteiger partial charge in [-0.25, -0.2) is 9.89 Å². The summed E-state index contributed by atoms with van der Waals surface area (Å²) in [6.45, 7) is 1.71. The van der Waals surface area contributed by atoms with E-state index in [1.807, 2.05) is 0 Å². The second-order valence-electron chi connectivity index (χ2n) is 3.32. The lowest BCUT2D eigenvalue weighted by molar-refractivity contribution is -0.129. The van der Waals surface area contributed by atoms with E-state index < -0.39 is 5.97 Å². The van der Waals surface area contributed by atoms with Gasteiger partial charge in [0, 0.05) is 6.08 Å². The Morgan fingerprint density at radius 2 is 2.06 bits per heavy atom. The van der Waals surface area contributed by atoms with Crippen molar-refractivity contribution in [1.82, 2.24) is 10.2 Å². The SMILES string of the molecule is CC=CC(=O)Oc1n[nH]c(=O)c2ccccc12. The number of aromatic amines is 1. The van der Waals surface area contributed by atoms with E-state index in [9.17, 15) is 9.59 Å². The van der Waals surface area contributed by atoms with Crippen LogP contribution in [0.4, 0.5) is 0 Å². The van der Waals surface area contributed by atoms with Gasteiger partial charge in [-0.05, 0) is 19.1 Å². The lowest BCUT2D eigenvalue weighted by Crippen LogP contribution is -2.12. The molecule has 5 heteroatoms. The monoisotopic (exact) mass is 230 g/mol. The van der Waals surface area contributed by atoms with Crippen molar-refractivity contribution in [3.05, 3.63) is 46.8 Å². The van der Waals surface area contributed by atoms with Crippen LogP contribution in [0, 0.1) is 0 Å². The van der Waals surface area contributed by atoms with Crippen LogP contribution in [0.1, 0.15) is 6.92 Å². The molecule has 0 saturated carbocycles. The third kappa shape index (κ3) is 2.23. The molecule has 0 aliphatic rings. The Hall–Kier alpha value is -2.43. The summed E-state index contributed by atoms with van der Waals surface area (Å²) in [7, 11) is 0. The molecule has 0 unspecified atom stereocenters. The maximum absolute atomic E-state index is 11.5. The number of esters is 1. The molecule has 1 N–H and O–H groups in total. The Morgan fingerprint density at radius 3 is 2.76 bits per heavy atom. The van der Waals surface area contributed by atoms with Gasteiger partial charge in [-0.15, -0.1) is 5.10 Å². The van der Waals surface area contributed by atoms with E-state index in [0.717, 1.165) is 0 Å². The van der Waals surface area contributed by atoms with Crippen LogP contribution in [-0.2, 0) is 4.79 Å². The maximum Gasteiger partial charge on any atom is 0.337 e. The van der Waals surface area contributed by atoms with Crippen LogP contribution in [-0.4, -0.2) is 16.2 Å². The van der Waals surface area contributed by atoms with Crippen molar-refractivity contribution in [3.63, 3.8) is 0 Å². The molecule has 0 aliphatic heterocycles. The molecule has 5 nitrogen and oxygen atoms in total. The van der Waals surface area contributed by atoms with Gasteiger partial charge in [-0.1, -0.05) is 18.2 Å². The highest BCUT2D eigenvalue weighted by atomic mass is 16.5. The molecule has 0 bridgehead atoms. The summed E-state index contributed by atoms with van der Waals surface area (Å²) < 4.78 is 5.02. The van der Waals surface area contributed by atoms with Crippen LogP contribution in [0.15, 0.2) is 41.2 Å². The molecule has 0 radical (unpaired) electrons. The minimum absolute atomic E-state index is 0.100. The number of carbonyl (C=O) groups is 1. The summed E-state index contributed by atoms with van der Waals surface area (Å²) in [6, 6.07) is 6.80. The first-order valence-corrected chi connectivity index (χ1v) is 5.04. The number of hydrogen-bond acceptors (Lipinski definition) is 4. The Labute approximate surface area is 96.7 Å². The zero-order valence-corrected chi connectivity index (χ0v) is 9.14. The van der Waals surface area contributed by atoms with E-state index in [1.54, 1.807) is 37.3 Å². The number of H-pyrrole nitrogens is 1. The number of nitrogens with zero attached hydrogens (tertiary/aromatic N) is 1. The van der Waals surface area contributed by atoms with E-state index in [0.29, 0.717) is 10.8 Å². The minimum atomic E-state index is -0.530. The second-order valence-corrected chi connectivity index (χ2v) is 3.32. The molecular formula is C12H10N2O3. The summed E-state index contributed by atoms with van der Waals surface area (Å²) in [5, 5.41) is 6.94. The first kappa shape index (κ1) is 11.1. The lowest BCUT2D eigenvalue weighted by atomic mass is 10.2. The van der Waals surface area contributed by atoms with Gasteiger partial charge in [0.15, 0.2) is 0 Å². The molecule has 0 aliphatic carbocycles. The number of rotatable bonds is 2. The fourth-order valence-electron chi connectivity index (χ4n) is 1.43. The summed E-state index contributed by atoms with van der Waals surface area (Å²) >= 11 is 0. The highest BCUT2D eigenvalue weighted by Crippen LogP contribution is 2.18. The van der Waals surface area contributed by atoms with Crippen LogP contribution < -0.4 is 10.3 Å². The van der Waals surface area contributed by atoms with Crippen LogP contribution in [0.3, 0.4) is 0 Å². The fraction of sp³-hybridized carbons (Fsp3) is 0.0833. The first-order valence-electron chi connectivity index (χ1n) is 5.04. The molecule has 1 heterocycles. The molecular weight excluding hydrogens is 220 g/mol. The maximum atomic E-state index is 11.5. The number of nitrogens with one attached hydrogen (secondary N) is 1. The second kappa shape index (κ2) is 4.61. The number of fused-ring (bicyclic) bond motifs is 1. The summed E-state index contributed by atoms with van der Waals surface area (Å²) in [5.74, 6) is -0.430. The lowest BCUT2D eigenvalue weighted by Gasteiger charge is -2.03. The molecule has 2 rings (SSSR count). The molecule has 1 aromatic carbocycles. The number of hydrogen-bond donors (Lipinski definition) is 1. The summed E-state index contributed by atoms with van der Waals surface area (Å²) in [5.41, 5.74) is -0.313. The Balaban J connectivity index is 2.52. The van der Waals surface area contributed by atoms with E-state index >= 15 is 0 Å². The summed E-state index contributed by atoms with van der Waals surface area (Å²) in [6.07, 6.45) is 2.85. The van der Waals surface area contributed by atoms with Gasteiger partial charge in [0.1, 0.15) is 0 Å². The van der Waals surface area contributed by atoms with Crippen molar-refractivity contribution in [2.24, 2.45) is 0 Å². The highest BCUT2D eigenvalue weighted by molar-refractivity contribution is 5.90. The Bertz CT molecular complexity index is 643. The quantitative estimate of drug-likeness (QED) is 0.625. The van der Waals surface area contributed by atoms with Crippen molar-refractivity contribution in [3.8, 4) is 5.88 Å². The van der Waals surface area contributed by atoms with Crippen molar-refractivity contribution in [2.75, 3.05) is 0 Å². The number of aromatic nitrogens is 2. The molecule has 0 atom stereocenters. The van der Waals surface area contributed by atoms with E-state index in [2.05, 4.69) is 10.2 Å². The number of benzene rings is 1. The van der Waals surface area contributed by atoms with Crippen LogP contribution in [0.5, 0.6) is 5.88 Å². The molecule has 2 aromatic rings. The zero-order chi connectivity index (χ0) is 12.3. The molecule has 86 valence electrons. The summed E-state index contributed by atoms with van der Waals surface area (Å²) in [4.78, 5) is 22.8. The van der Waals surface area contributed by atoms with Crippen molar-refractivity contribution < 1.29 is 9.53 Å². The van der Waals surface area contributed by atoms with Crippen LogP contribution in [0.2, 0.25) is 0 Å². The van der Waals surface area contributed by atoms with E-state index in [1.165, 1.54) is 6.08 Å². The van der Waals surface area contributed by atoms with Gasteiger partial charge < -0.3 is 4.74 Å². The Kier molecular flexibility index (Phi) is 3.00. The fourth-order valence-corrected chi connectivity index (χ4v) is 1.43. The van der Waals surface area contributed by atoms with Gasteiger partial charge in [-0.3, -0.25) is 4.79 Å². The van der Waals surface area contributed by atoms with Crippen molar-refractivity contribution in [2.45, 2.75) is 6.92 Å². The molecule has 0 spiro atoms. The normalized spacial score (nSPS) is 10.9. The van der Waals surface area contributed by atoms with Crippen molar-refractivity contribution in [1.29, 1.82) is 0 Å². The number of allylic oxidation sites excluding steroid dienone is 1. The number of ether oxygens (including phenoxy) is 1. The predicted octanol–water partition coefficient (Wildman–Crippen LogP) is 1.40. The predicted molar refractivity (Wildman–Crippen MR) is 62.8 cm³/mol. The number of carbonyl (C=O) groups excluding carboxylic acids is 1. The minimum Gasteiger partial charge on any atom is -0.402 e. The van der Waals surface area contributed by atoms with Gasteiger partial charge in [0.25, 0.3) is 5.56 Å². The third-order valence-electron chi connectivity index (χ3n) is 2.16. The Morgan fingerprint density at radius 1 is 1.35 bits per heavy atom. The largest absolute Gasteiger partial charge is 0.402 e. The molecule has 1 aromatic heterocycles. The van der Waals surface area contributed by atoms with E-state index in [-0.39, 0.29) is 11.4 Å². The molecule has 0 fully saturated rings. The first-order chi connectivity index (χ1) is 8.22. The zero-order valence-electron chi connectivity index (χ0n) is 9.14. The standard InChI is InChI=1S/C12H10N2O3/c1-2-5-10(15)17-12-9-7-4-3-6-8(9)11(16)13-14-12/h2-7H,1H3,(H,13,16).